The van der Waals surface area contributed by atoms with E-state index >= 15 is 0 Å². The normalized spacial score (nSPS) is 9.33. The van der Waals surface area contributed by atoms with Gasteiger partial charge in [-0.15, -0.1) is 0 Å². The van der Waals surface area contributed by atoms with Crippen LogP contribution in [-0.2, 0) is 4.79 Å². The van der Waals surface area contributed by atoms with Crippen molar-refractivity contribution in [1.29, 1.82) is 10.5 Å². The highest BCUT2D eigenvalue weighted by molar-refractivity contribution is 5.91. The van der Waals surface area contributed by atoms with Crippen LogP contribution >= 0.6 is 0 Å². The summed E-state index contributed by atoms with van der Waals surface area (Å²) in [5.74, 6) is -1.38. The van der Waals surface area contributed by atoms with Crippen LogP contribution < -0.4 is 0 Å². The molecule has 0 radical (unpaired) electrons. The summed E-state index contributed by atoms with van der Waals surface area (Å²) in [6, 6.07) is 2.78. The highest BCUT2D eigenvalue weighted by Gasteiger charge is 2.02. The van der Waals surface area contributed by atoms with Gasteiger partial charge >= 0.3 is 5.97 Å². The zero-order valence-corrected chi connectivity index (χ0v) is 4.33. The smallest absolute Gasteiger partial charge is 0.347 e. The maximum atomic E-state index is 9.88. The number of carboxylic acid groups (broad SMARTS) is 1. The van der Waals surface area contributed by atoms with Crippen LogP contribution in [0.15, 0.2) is 11.6 Å². The van der Waals surface area contributed by atoms with Gasteiger partial charge in [0.05, 0.1) is 6.07 Å². The lowest BCUT2D eigenvalue weighted by Crippen LogP contribution is -1.96. The third kappa shape index (κ3) is 2.10. The quantitative estimate of drug-likeness (QED) is 0.393. The summed E-state index contributed by atoms with van der Waals surface area (Å²) in [7, 11) is 0. The number of hydrogen-bond acceptors (Lipinski definition) is 3. The van der Waals surface area contributed by atoms with Crippen LogP contribution in [0.4, 0.5) is 0 Å². The van der Waals surface area contributed by atoms with Crippen LogP contribution in [0.25, 0.3) is 0 Å². The van der Waals surface area contributed by atoms with E-state index < -0.39 is 11.5 Å². The molecule has 0 bridgehead atoms. The van der Waals surface area contributed by atoms with Crippen molar-refractivity contribution in [1.82, 2.24) is 0 Å². The number of nitriles is 2. The van der Waals surface area contributed by atoms with Gasteiger partial charge in [-0.25, -0.2) is 4.79 Å². The van der Waals surface area contributed by atoms with Crippen molar-refractivity contribution >= 4 is 5.97 Å². The average molecular weight is 122 g/mol. The van der Waals surface area contributed by atoms with Gasteiger partial charge in [0.1, 0.15) is 11.6 Å². The van der Waals surface area contributed by atoms with E-state index in [1.807, 2.05) is 0 Å². The summed E-state index contributed by atoms with van der Waals surface area (Å²) in [5.41, 5.74) is -0.544. The van der Waals surface area contributed by atoms with Crippen molar-refractivity contribution in [2.45, 2.75) is 0 Å². The van der Waals surface area contributed by atoms with Crippen LogP contribution in [0.5, 0.6) is 0 Å². The Morgan fingerprint density at radius 1 is 1.56 bits per heavy atom. The lowest BCUT2D eigenvalue weighted by atomic mass is 10.3. The molecule has 4 heteroatoms. The Labute approximate surface area is 51.3 Å². The van der Waals surface area contributed by atoms with E-state index in [4.69, 9.17) is 15.6 Å². The molecule has 0 aromatic heterocycles. The third-order valence-corrected chi connectivity index (χ3v) is 0.560. The van der Waals surface area contributed by atoms with E-state index in [0.717, 1.165) is 0 Å². The Hall–Kier alpha value is -1.81. The minimum atomic E-state index is -1.38. The van der Waals surface area contributed by atoms with Gasteiger partial charge in [0, 0.05) is 6.08 Å². The van der Waals surface area contributed by atoms with Crippen molar-refractivity contribution in [2.75, 3.05) is 0 Å². The fraction of sp³-hybridized carbons (Fsp3) is 0. The van der Waals surface area contributed by atoms with Crippen LogP contribution in [0.1, 0.15) is 0 Å². The van der Waals surface area contributed by atoms with E-state index in [2.05, 4.69) is 0 Å². The van der Waals surface area contributed by atoms with Crippen molar-refractivity contribution in [3.8, 4) is 12.1 Å². The molecule has 1 N–H and O–H groups in total. The second kappa shape index (κ2) is 3.23. The monoisotopic (exact) mass is 122 g/mol. The van der Waals surface area contributed by atoms with Gasteiger partial charge in [-0.3, -0.25) is 0 Å². The van der Waals surface area contributed by atoms with Crippen molar-refractivity contribution in [3.63, 3.8) is 0 Å². The van der Waals surface area contributed by atoms with Gasteiger partial charge in [0.25, 0.3) is 0 Å². The van der Waals surface area contributed by atoms with Crippen LogP contribution in [0.2, 0.25) is 0 Å². The first-order valence-corrected chi connectivity index (χ1v) is 1.95. The first-order valence-electron chi connectivity index (χ1n) is 1.95. The maximum absolute atomic E-state index is 9.88. The average Bonchev–Trinajstić information content (AvgIpc) is 1.82. The SMILES string of the molecule is N#C/C=C(/C#N)C(=O)O. The molecule has 0 aliphatic rings. The second-order valence-corrected chi connectivity index (χ2v) is 1.10. The lowest BCUT2D eigenvalue weighted by Gasteiger charge is -1.79. The van der Waals surface area contributed by atoms with E-state index in [9.17, 15) is 4.79 Å². The molecule has 0 spiro atoms. The van der Waals surface area contributed by atoms with Crippen LogP contribution in [-0.4, -0.2) is 11.1 Å². The fourth-order valence-corrected chi connectivity index (χ4v) is 0.206. The molecular weight excluding hydrogens is 120 g/mol. The molecule has 0 fully saturated rings. The molecule has 0 aliphatic carbocycles. The van der Waals surface area contributed by atoms with Crippen molar-refractivity contribution in [2.24, 2.45) is 0 Å². The molecule has 0 atom stereocenters. The Morgan fingerprint density at radius 3 is 2.22 bits per heavy atom. The number of hydrogen-bond donors (Lipinski definition) is 1. The molecule has 0 aromatic rings. The van der Waals surface area contributed by atoms with E-state index in [1.54, 1.807) is 0 Å². The highest BCUT2D eigenvalue weighted by Crippen LogP contribution is 1.88. The topological polar surface area (TPSA) is 84.9 Å². The first kappa shape index (κ1) is 7.19. The molecule has 44 valence electrons. The molecule has 0 saturated heterocycles. The lowest BCUT2D eigenvalue weighted by molar-refractivity contribution is -0.132. The minimum Gasteiger partial charge on any atom is -0.477 e. The second-order valence-electron chi connectivity index (χ2n) is 1.10. The number of carboxylic acids is 1. The Bertz CT molecular complexity index is 228. The summed E-state index contributed by atoms with van der Waals surface area (Å²) in [5, 5.41) is 23.9. The van der Waals surface area contributed by atoms with E-state index in [-0.39, 0.29) is 0 Å². The van der Waals surface area contributed by atoms with Gasteiger partial charge in [-0.2, -0.15) is 10.5 Å². The predicted octanol–water partition coefficient (Wildman–Crippen LogP) is 0.0446. The maximum Gasteiger partial charge on any atom is 0.347 e. The third-order valence-electron chi connectivity index (χ3n) is 0.560. The van der Waals surface area contributed by atoms with Gasteiger partial charge in [-0.05, 0) is 0 Å². The zero-order valence-electron chi connectivity index (χ0n) is 4.33. The van der Waals surface area contributed by atoms with Crippen molar-refractivity contribution < 1.29 is 9.90 Å². The van der Waals surface area contributed by atoms with Gasteiger partial charge in [0.15, 0.2) is 0 Å². The number of allylic oxidation sites excluding steroid dienone is 1. The molecule has 0 heterocycles. The van der Waals surface area contributed by atoms with Gasteiger partial charge in [-0.1, -0.05) is 0 Å². The first-order chi connectivity index (χ1) is 4.22. The molecule has 4 nitrogen and oxygen atoms in total. The van der Waals surface area contributed by atoms with Gasteiger partial charge < -0.3 is 5.11 Å². The largest absolute Gasteiger partial charge is 0.477 e. The van der Waals surface area contributed by atoms with Crippen LogP contribution in [0, 0.1) is 22.7 Å². The molecule has 0 unspecified atom stereocenters. The summed E-state index contributed by atoms with van der Waals surface area (Å²) >= 11 is 0. The molecule has 0 aliphatic heterocycles. The molecule has 0 saturated carbocycles. The van der Waals surface area contributed by atoms with Crippen molar-refractivity contribution in [3.05, 3.63) is 11.6 Å². The fourth-order valence-electron chi connectivity index (χ4n) is 0.206. The number of aliphatic carboxylic acids is 1. The van der Waals surface area contributed by atoms with E-state index in [1.165, 1.54) is 12.1 Å². The summed E-state index contributed by atoms with van der Waals surface area (Å²) in [4.78, 5) is 9.88. The summed E-state index contributed by atoms with van der Waals surface area (Å²) in [6.07, 6.45) is 0.683. The Morgan fingerprint density at radius 2 is 2.11 bits per heavy atom. The number of rotatable bonds is 1. The predicted molar refractivity (Wildman–Crippen MR) is 26.9 cm³/mol. The highest BCUT2D eigenvalue weighted by atomic mass is 16.4. The minimum absolute atomic E-state index is 0.544. The number of carbonyl (C=O) groups is 1. The standard InChI is InChI=1S/C5H2N2O2/c6-2-1-4(3-7)5(8)9/h1H,(H,8,9)/b4-1-. The van der Waals surface area contributed by atoms with E-state index in [0.29, 0.717) is 6.08 Å². The Kier molecular flexibility index (Phi) is 2.58. The molecule has 0 amide bonds. The number of nitrogens with zero attached hydrogens (tertiary/aromatic N) is 2. The zero-order chi connectivity index (χ0) is 7.28. The van der Waals surface area contributed by atoms with Gasteiger partial charge in [0.2, 0.25) is 0 Å². The summed E-state index contributed by atoms with van der Waals surface area (Å²) in [6.45, 7) is 0. The molecule has 0 aromatic carbocycles. The van der Waals surface area contributed by atoms with Crippen LogP contribution in [0.3, 0.4) is 0 Å². The molecule has 9 heavy (non-hydrogen) atoms. The summed E-state index contributed by atoms with van der Waals surface area (Å²) < 4.78 is 0. The molecule has 0 rings (SSSR count). The molecular formula is C5H2N2O2. The Balaban J connectivity index is 4.45.